The number of hydrogen-bond acceptors (Lipinski definition) is 4. The number of Topliss-reactive ketones (excluding diaryl/α,β-unsaturated/α-hetero) is 1. The number of carbonyl (C=O) groups excluding carboxylic acids is 1. The SMILES string of the molecule is N#C[C@@H]1C[C@@H](C(=O)c2ccc(Br)cc2)N2N=Cc3ccccc3[C@H]12. The Hall–Kier alpha value is -2.45. The first-order valence-corrected chi connectivity index (χ1v) is 8.59. The zero-order valence-electron chi connectivity index (χ0n) is 12.8. The van der Waals surface area contributed by atoms with E-state index >= 15 is 0 Å². The standard InChI is InChI=1S/C19H14BrN3O/c20-15-7-5-12(6-8-15)19(24)17-9-14(10-21)18-16-4-2-1-3-13(16)11-22-23(17)18/h1-8,11,14,17-18H,9H2/t14-,17-,18-/m0/s1. The molecule has 4 rings (SSSR count). The van der Waals surface area contributed by atoms with Crippen LogP contribution in [0.1, 0.15) is 33.9 Å². The zero-order chi connectivity index (χ0) is 16.7. The molecule has 0 unspecified atom stereocenters. The maximum Gasteiger partial charge on any atom is 0.186 e. The summed E-state index contributed by atoms with van der Waals surface area (Å²) in [5, 5.41) is 15.9. The summed E-state index contributed by atoms with van der Waals surface area (Å²) in [5.41, 5.74) is 2.75. The highest BCUT2D eigenvalue weighted by atomic mass is 79.9. The molecule has 4 nitrogen and oxygen atoms in total. The van der Waals surface area contributed by atoms with Crippen molar-refractivity contribution in [2.24, 2.45) is 11.0 Å². The van der Waals surface area contributed by atoms with Crippen LogP contribution in [-0.2, 0) is 0 Å². The summed E-state index contributed by atoms with van der Waals surface area (Å²) in [6.07, 6.45) is 2.29. The van der Waals surface area contributed by atoms with Gasteiger partial charge in [0.15, 0.2) is 5.78 Å². The van der Waals surface area contributed by atoms with E-state index in [9.17, 15) is 10.1 Å². The first-order valence-electron chi connectivity index (χ1n) is 7.79. The number of nitrogens with zero attached hydrogens (tertiary/aromatic N) is 3. The minimum Gasteiger partial charge on any atom is -0.292 e. The van der Waals surface area contributed by atoms with E-state index in [0.717, 1.165) is 15.6 Å². The Labute approximate surface area is 148 Å². The van der Waals surface area contributed by atoms with Crippen LogP contribution >= 0.6 is 15.9 Å². The smallest absolute Gasteiger partial charge is 0.186 e. The number of ketones is 1. The van der Waals surface area contributed by atoms with Crippen molar-refractivity contribution in [2.45, 2.75) is 18.5 Å². The third-order valence-corrected chi connectivity index (χ3v) is 5.23. The predicted molar refractivity (Wildman–Crippen MR) is 94.6 cm³/mol. The van der Waals surface area contributed by atoms with Crippen molar-refractivity contribution >= 4 is 27.9 Å². The highest BCUT2D eigenvalue weighted by molar-refractivity contribution is 9.10. The topological polar surface area (TPSA) is 56.5 Å². The van der Waals surface area contributed by atoms with Crippen molar-refractivity contribution in [3.8, 4) is 6.07 Å². The summed E-state index contributed by atoms with van der Waals surface area (Å²) in [5.74, 6) is -0.227. The highest BCUT2D eigenvalue weighted by Gasteiger charge is 2.47. The van der Waals surface area contributed by atoms with E-state index in [2.05, 4.69) is 27.1 Å². The Morgan fingerprint density at radius 2 is 1.96 bits per heavy atom. The molecule has 2 aromatic rings. The highest BCUT2D eigenvalue weighted by Crippen LogP contribution is 2.44. The number of hydrazone groups is 1. The first-order chi connectivity index (χ1) is 11.7. The van der Waals surface area contributed by atoms with Crippen LogP contribution in [0.15, 0.2) is 58.1 Å². The van der Waals surface area contributed by atoms with E-state index in [1.165, 1.54) is 0 Å². The fourth-order valence-corrected chi connectivity index (χ4v) is 3.82. The minimum absolute atomic E-state index is 0.0155. The molecule has 0 aliphatic carbocycles. The monoisotopic (exact) mass is 379 g/mol. The molecule has 2 heterocycles. The van der Waals surface area contributed by atoms with Crippen molar-refractivity contribution in [3.63, 3.8) is 0 Å². The van der Waals surface area contributed by atoms with Gasteiger partial charge in [-0.25, -0.2) is 0 Å². The molecule has 24 heavy (non-hydrogen) atoms. The van der Waals surface area contributed by atoms with E-state index in [1.54, 1.807) is 6.21 Å². The molecule has 0 aromatic heterocycles. The van der Waals surface area contributed by atoms with Crippen molar-refractivity contribution in [3.05, 3.63) is 69.7 Å². The molecule has 0 N–H and O–H groups in total. The largest absolute Gasteiger partial charge is 0.292 e. The van der Waals surface area contributed by atoms with Crippen molar-refractivity contribution in [2.75, 3.05) is 0 Å². The molecule has 2 aliphatic rings. The van der Waals surface area contributed by atoms with Crippen LogP contribution in [0.5, 0.6) is 0 Å². The molecular weight excluding hydrogens is 366 g/mol. The number of hydrogen-bond donors (Lipinski definition) is 0. The quantitative estimate of drug-likeness (QED) is 0.742. The van der Waals surface area contributed by atoms with Gasteiger partial charge in [0.05, 0.1) is 24.2 Å². The van der Waals surface area contributed by atoms with Crippen molar-refractivity contribution < 1.29 is 4.79 Å². The van der Waals surface area contributed by atoms with Gasteiger partial charge in [-0.2, -0.15) is 10.4 Å². The molecular formula is C19H14BrN3O. The van der Waals surface area contributed by atoms with Gasteiger partial charge in [0.25, 0.3) is 0 Å². The van der Waals surface area contributed by atoms with Gasteiger partial charge in [0.1, 0.15) is 6.04 Å². The summed E-state index contributed by atoms with van der Waals surface area (Å²) in [4.78, 5) is 12.9. The lowest BCUT2D eigenvalue weighted by atomic mass is 9.91. The Morgan fingerprint density at radius 3 is 2.71 bits per heavy atom. The fraction of sp³-hybridized carbons (Fsp3) is 0.211. The van der Waals surface area contributed by atoms with Crippen LogP contribution in [0.25, 0.3) is 0 Å². The maximum absolute atomic E-state index is 12.9. The second-order valence-electron chi connectivity index (χ2n) is 6.06. The molecule has 3 atom stereocenters. The minimum atomic E-state index is -0.398. The summed E-state index contributed by atoms with van der Waals surface area (Å²) in [7, 11) is 0. The van der Waals surface area contributed by atoms with Crippen LogP contribution in [0.3, 0.4) is 0 Å². The van der Waals surface area contributed by atoms with Gasteiger partial charge in [-0.3, -0.25) is 9.80 Å². The van der Waals surface area contributed by atoms with Crippen LogP contribution in [0.4, 0.5) is 0 Å². The third-order valence-electron chi connectivity index (χ3n) is 4.70. The summed E-state index contributed by atoms with van der Waals surface area (Å²) >= 11 is 3.38. The average Bonchev–Trinajstić information content (AvgIpc) is 3.01. The molecule has 2 aliphatic heterocycles. The second-order valence-corrected chi connectivity index (χ2v) is 6.97. The Balaban J connectivity index is 1.72. The Kier molecular flexibility index (Phi) is 3.70. The number of benzene rings is 2. The summed E-state index contributed by atoms with van der Waals surface area (Å²) < 4.78 is 0.933. The van der Waals surface area contributed by atoms with E-state index in [4.69, 9.17) is 0 Å². The fourth-order valence-electron chi connectivity index (χ4n) is 3.55. The lowest BCUT2D eigenvalue weighted by molar-refractivity contribution is 0.0834. The van der Waals surface area contributed by atoms with Gasteiger partial charge in [-0.1, -0.05) is 52.3 Å². The van der Waals surface area contributed by atoms with Crippen LogP contribution < -0.4 is 0 Å². The Bertz CT molecular complexity index is 869. The van der Waals surface area contributed by atoms with Crippen LogP contribution in [-0.4, -0.2) is 23.0 Å². The number of nitriles is 1. The molecule has 118 valence electrons. The van der Waals surface area contributed by atoms with Gasteiger partial charge in [-0.15, -0.1) is 0 Å². The molecule has 0 radical (unpaired) electrons. The molecule has 0 amide bonds. The van der Waals surface area contributed by atoms with Crippen molar-refractivity contribution in [1.29, 1.82) is 5.26 Å². The summed E-state index contributed by atoms with van der Waals surface area (Å²) in [6.45, 7) is 0. The summed E-state index contributed by atoms with van der Waals surface area (Å²) in [6, 6.07) is 17.1. The second kappa shape index (κ2) is 5.88. The van der Waals surface area contributed by atoms with E-state index < -0.39 is 6.04 Å². The lowest BCUT2D eigenvalue weighted by Gasteiger charge is -2.31. The Morgan fingerprint density at radius 1 is 1.21 bits per heavy atom. The molecule has 0 saturated carbocycles. The van der Waals surface area contributed by atoms with Gasteiger partial charge in [0.2, 0.25) is 0 Å². The van der Waals surface area contributed by atoms with Gasteiger partial charge in [0, 0.05) is 10.0 Å². The lowest BCUT2D eigenvalue weighted by Crippen LogP contribution is -2.36. The van der Waals surface area contributed by atoms with Crippen molar-refractivity contribution in [1.82, 2.24) is 5.01 Å². The number of fused-ring (bicyclic) bond motifs is 3. The number of rotatable bonds is 2. The van der Waals surface area contributed by atoms with Gasteiger partial charge >= 0.3 is 0 Å². The molecule has 1 fully saturated rings. The molecule has 2 aromatic carbocycles. The average molecular weight is 380 g/mol. The van der Waals surface area contributed by atoms with Gasteiger partial charge in [-0.05, 0) is 29.7 Å². The van der Waals surface area contributed by atoms with E-state index in [1.807, 2.05) is 53.5 Å². The molecule has 0 bridgehead atoms. The first kappa shape index (κ1) is 15.1. The van der Waals surface area contributed by atoms with E-state index in [-0.39, 0.29) is 17.7 Å². The molecule has 5 heteroatoms. The zero-order valence-corrected chi connectivity index (χ0v) is 14.3. The van der Waals surface area contributed by atoms with Crippen LogP contribution in [0, 0.1) is 17.2 Å². The predicted octanol–water partition coefficient (Wildman–Crippen LogP) is 3.93. The van der Waals surface area contributed by atoms with Gasteiger partial charge < -0.3 is 0 Å². The number of halogens is 1. The van der Waals surface area contributed by atoms with Crippen LogP contribution in [0.2, 0.25) is 0 Å². The molecule has 0 spiro atoms. The molecule has 1 saturated heterocycles. The van der Waals surface area contributed by atoms with E-state index in [0.29, 0.717) is 12.0 Å². The third kappa shape index (κ3) is 2.35. The normalized spacial score (nSPS) is 24.2. The number of carbonyl (C=O) groups is 1. The maximum atomic E-state index is 12.9.